The lowest BCUT2D eigenvalue weighted by Crippen LogP contribution is -2.25. The predicted molar refractivity (Wildman–Crippen MR) is 112 cm³/mol. The Morgan fingerprint density at radius 2 is 1.90 bits per heavy atom. The predicted octanol–water partition coefficient (Wildman–Crippen LogP) is 5.01. The average Bonchev–Trinajstić information content (AvgIpc) is 3.32. The van der Waals surface area contributed by atoms with Crippen molar-refractivity contribution in [2.45, 2.75) is 26.8 Å². The number of hydrogen-bond acceptors (Lipinski definition) is 2. The van der Waals surface area contributed by atoms with E-state index in [9.17, 15) is 9.18 Å². The summed E-state index contributed by atoms with van der Waals surface area (Å²) in [7, 11) is 0. The second-order valence-corrected chi connectivity index (χ2v) is 7.24. The highest BCUT2D eigenvalue weighted by Gasteiger charge is 2.14. The molecule has 0 aliphatic rings. The molecule has 2 aromatic heterocycles. The molecule has 0 atom stereocenters. The first kappa shape index (κ1) is 19.0. The fraction of sp³-hybridized carbons (Fsp3) is 0.208. The average molecular weight is 390 g/mol. The Morgan fingerprint density at radius 1 is 1.10 bits per heavy atom. The van der Waals surface area contributed by atoms with Crippen molar-refractivity contribution in [2.24, 2.45) is 0 Å². The number of aromatic nitrogens is 1. The lowest BCUT2D eigenvalue weighted by molar-refractivity contribution is 0.0954. The Bertz CT molecular complexity index is 1140. The van der Waals surface area contributed by atoms with Gasteiger partial charge in [-0.2, -0.15) is 0 Å². The Labute approximate surface area is 169 Å². The standard InChI is InChI=1S/C24H23FN2O2/c1-16-17(2)27(15-18-5-8-20(25)9-6-18)23-10-7-19(14-22(16)23)24(28)26-12-11-21-4-3-13-29-21/h3-10,13-14H,11-12,15H2,1-2H3,(H,26,28). The fourth-order valence-corrected chi connectivity index (χ4v) is 3.62. The molecule has 0 saturated heterocycles. The Hall–Kier alpha value is -3.34. The molecule has 2 aromatic carbocycles. The minimum Gasteiger partial charge on any atom is -0.469 e. The summed E-state index contributed by atoms with van der Waals surface area (Å²) in [5.41, 5.74) is 5.02. The first-order chi connectivity index (χ1) is 14.0. The lowest BCUT2D eigenvalue weighted by Gasteiger charge is -2.09. The van der Waals surface area contributed by atoms with E-state index in [1.54, 1.807) is 18.4 Å². The van der Waals surface area contributed by atoms with E-state index in [0.29, 0.717) is 25.1 Å². The van der Waals surface area contributed by atoms with E-state index < -0.39 is 0 Å². The maximum Gasteiger partial charge on any atom is 0.251 e. The van der Waals surface area contributed by atoms with Gasteiger partial charge in [0, 0.05) is 41.7 Å². The number of benzene rings is 2. The van der Waals surface area contributed by atoms with Crippen molar-refractivity contribution in [1.29, 1.82) is 0 Å². The smallest absolute Gasteiger partial charge is 0.251 e. The second-order valence-electron chi connectivity index (χ2n) is 7.24. The number of nitrogens with zero attached hydrogens (tertiary/aromatic N) is 1. The van der Waals surface area contributed by atoms with Crippen molar-refractivity contribution in [3.63, 3.8) is 0 Å². The lowest BCUT2D eigenvalue weighted by atomic mass is 10.1. The second kappa shape index (κ2) is 7.95. The summed E-state index contributed by atoms with van der Waals surface area (Å²) >= 11 is 0. The molecule has 0 spiro atoms. The molecule has 0 aliphatic heterocycles. The van der Waals surface area contributed by atoms with Gasteiger partial charge < -0.3 is 14.3 Å². The molecule has 0 fully saturated rings. The van der Waals surface area contributed by atoms with E-state index in [-0.39, 0.29) is 11.7 Å². The molecule has 4 aromatic rings. The van der Waals surface area contributed by atoms with Gasteiger partial charge in [-0.05, 0) is 67.4 Å². The number of fused-ring (bicyclic) bond motifs is 1. The third-order valence-electron chi connectivity index (χ3n) is 5.39. The van der Waals surface area contributed by atoms with Crippen LogP contribution in [0.1, 0.15) is 32.9 Å². The van der Waals surface area contributed by atoms with Gasteiger partial charge in [0.05, 0.1) is 6.26 Å². The van der Waals surface area contributed by atoms with Gasteiger partial charge in [0.1, 0.15) is 11.6 Å². The molecule has 0 saturated carbocycles. The summed E-state index contributed by atoms with van der Waals surface area (Å²) in [6, 6.07) is 16.1. The van der Waals surface area contributed by atoms with Crippen molar-refractivity contribution in [1.82, 2.24) is 9.88 Å². The number of nitrogens with one attached hydrogen (secondary N) is 1. The molecule has 29 heavy (non-hydrogen) atoms. The van der Waals surface area contributed by atoms with Crippen molar-refractivity contribution in [3.05, 3.63) is 94.8 Å². The van der Waals surface area contributed by atoms with Gasteiger partial charge in [-0.3, -0.25) is 4.79 Å². The number of hydrogen-bond donors (Lipinski definition) is 1. The zero-order chi connectivity index (χ0) is 20.4. The third kappa shape index (κ3) is 3.94. The van der Waals surface area contributed by atoms with Crippen molar-refractivity contribution in [3.8, 4) is 0 Å². The van der Waals surface area contributed by atoms with Crippen LogP contribution in [0.4, 0.5) is 4.39 Å². The van der Waals surface area contributed by atoms with Crippen molar-refractivity contribution < 1.29 is 13.6 Å². The first-order valence-corrected chi connectivity index (χ1v) is 9.67. The molecular weight excluding hydrogens is 367 g/mol. The summed E-state index contributed by atoms with van der Waals surface area (Å²) in [5, 5.41) is 4.01. The fourth-order valence-electron chi connectivity index (χ4n) is 3.62. The van der Waals surface area contributed by atoms with Gasteiger partial charge in [0.15, 0.2) is 0 Å². The van der Waals surface area contributed by atoms with E-state index in [2.05, 4.69) is 23.7 Å². The van der Waals surface area contributed by atoms with Gasteiger partial charge in [0.25, 0.3) is 5.91 Å². The van der Waals surface area contributed by atoms with E-state index in [4.69, 9.17) is 4.42 Å². The minimum absolute atomic E-state index is 0.0956. The van der Waals surface area contributed by atoms with Gasteiger partial charge in [-0.1, -0.05) is 12.1 Å². The summed E-state index contributed by atoms with van der Waals surface area (Å²) in [4.78, 5) is 12.6. The van der Waals surface area contributed by atoms with Crippen LogP contribution < -0.4 is 5.32 Å². The summed E-state index contributed by atoms with van der Waals surface area (Å²) < 4.78 is 20.7. The topological polar surface area (TPSA) is 47.2 Å². The van der Waals surface area contributed by atoms with Crippen LogP contribution >= 0.6 is 0 Å². The first-order valence-electron chi connectivity index (χ1n) is 9.67. The van der Waals surface area contributed by atoms with Gasteiger partial charge in [-0.15, -0.1) is 0 Å². The number of rotatable bonds is 6. The number of halogens is 1. The number of carbonyl (C=O) groups is 1. The zero-order valence-corrected chi connectivity index (χ0v) is 16.5. The van der Waals surface area contributed by atoms with Crippen molar-refractivity contribution >= 4 is 16.8 Å². The van der Waals surface area contributed by atoms with E-state index in [1.165, 1.54) is 12.1 Å². The molecule has 2 heterocycles. The number of carbonyl (C=O) groups excluding carboxylic acids is 1. The summed E-state index contributed by atoms with van der Waals surface area (Å²) in [6.45, 7) is 5.32. The van der Waals surface area contributed by atoms with Gasteiger partial charge in [-0.25, -0.2) is 4.39 Å². The molecule has 0 unspecified atom stereocenters. The van der Waals surface area contributed by atoms with E-state index >= 15 is 0 Å². The monoisotopic (exact) mass is 390 g/mol. The molecule has 1 amide bonds. The molecule has 1 N–H and O–H groups in total. The molecule has 5 heteroatoms. The largest absolute Gasteiger partial charge is 0.469 e. The van der Waals surface area contributed by atoms with Crippen LogP contribution in [0.2, 0.25) is 0 Å². The minimum atomic E-state index is -0.235. The highest BCUT2D eigenvalue weighted by atomic mass is 19.1. The van der Waals surface area contributed by atoms with Crippen LogP contribution in [0.15, 0.2) is 65.3 Å². The van der Waals surface area contributed by atoms with Crippen molar-refractivity contribution in [2.75, 3.05) is 6.54 Å². The third-order valence-corrected chi connectivity index (χ3v) is 5.39. The zero-order valence-electron chi connectivity index (χ0n) is 16.5. The highest BCUT2D eigenvalue weighted by molar-refractivity contribution is 5.99. The Kier molecular flexibility index (Phi) is 5.21. The molecule has 0 bridgehead atoms. The van der Waals surface area contributed by atoms with Crippen LogP contribution in [0.3, 0.4) is 0 Å². The quantitative estimate of drug-likeness (QED) is 0.503. The van der Waals surface area contributed by atoms with Crippen LogP contribution in [-0.2, 0) is 13.0 Å². The SMILES string of the molecule is Cc1c(C)n(Cc2ccc(F)cc2)c2ccc(C(=O)NCCc3ccco3)cc12. The molecule has 4 rings (SSSR count). The maximum atomic E-state index is 13.2. The van der Waals surface area contributed by atoms with E-state index in [0.717, 1.165) is 33.5 Å². The van der Waals surface area contributed by atoms with Gasteiger partial charge in [0.2, 0.25) is 0 Å². The molecular formula is C24H23FN2O2. The Balaban J connectivity index is 1.55. The van der Waals surface area contributed by atoms with E-state index in [1.807, 2.05) is 30.3 Å². The molecule has 0 aliphatic carbocycles. The molecule has 148 valence electrons. The maximum absolute atomic E-state index is 13.2. The number of aryl methyl sites for hydroxylation is 1. The normalized spacial score (nSPS) is 11.1. The van der Waals surface area contributed by atoms with Crippen LogP contribution in [0, 0.1) is 19.7 Å². The van der Waals surface area contributed by atoms with Crippen LogP contribution in [0.5, 0.6) is 0 Å². The van der Waals surface area contributed by atoms with Crippen LogP contribution in [0.25, 0.3) is 10.9 Å². The number of amides is 1. The van der Waals surface area contributed by atoms with Crippen LogP contribution in [-0.4, -0.2) is 17.0 Å². The summed E-state index contributed by atoms with van der Waals surface area (Å²) in [6.07, 6.45) is 2.29. The molecule has 4 nitrogen and oxygen atoms in total. The summed E-state index contributed by atoms with van der Waals surface area (Å²) in [5.74, 6) is 0.522. The highest BCUT2D eigenvalue weighted by Crippen LogP contribution is 2.27. The Morgan fingerprint density at radius 3 is 2.62 bits per heavy atom. The molecule has 0 radical (unpaired) electrons. The van der Waals surface area contributed by atoms with Gasteiger partial charge >= 0.3 is 0 Å². The number of furan rings is 1.